The molecule has 0 amide bonds. The molecule has 0 aromatic heterocycles. The Hall–Kier alpha value is -0.890. The van der Waals surface area contributed by atoms with Crippen molar-refractivity contribution in [2.75, 3.05) is 0 Å². The van der Waals surface area contributed by atoms with Gasteiger partial charge in [-0.25, -0.2) is 0 Å². The highest BCUT2D eigenvalue weighted by molar-refractivity contribution is 7.88. The zero-order valence-corrected chi connectivity index (χ0v) is 12.4. The molecule has 0 aliphatic carbocycles. The van der Waals surface area contributed by atoms with E-state index in [1.807, 2.05) is 0 Å². The third kappa shape index (κ3) is 4.31. The first kappa shape index (κ1) is 18.1. The number of hydrogen-bond acceptors (Lipinski definition) is 3. The largest absolute Gasteiger partial charge is 0.534 e. The summed E-state index contributed by atoms with van der Waals surface area (Å²) in [6, 6.07) is 5.75. The van der Waals surface area contributed by atoms with Crippen molar-refractivity contribution in [3.8, 4) is 5.75 Å². The third-order valence-corrected chi connectivity index (χ3v) is 3.14. The molecule has 0 heterocycles. The van der Waals surface area contributed by atoms with Gasteiger partial charge in [0.2, 0.25) is 0 Å². The molecule has 110 valence electrons. The number of rotatable bonds is 2. The highest BCUT2D eigenvalue weighted by Crippen LogP contribution is 2.34. The second-order valence-electron chi connectivity index (χ2n) is 4.73. The van der Waals surface area contributed by atoms with E-state index in [1.54, 1.807) is 26.8 Å². The van der Waals surface area contributed by atoms with Gasteiger partial charge in [-0.05, 0) is 11.5 Å². The molecule has 0 saturated carbocycles. The van der Waals surface area contributed by atoms with Crippen molar-refractivity contribution in [2.45, 2.75) is 31.7 Å². The number of hydrogen-bond donors (Lipinski definition) is 0. The van der Waals surface area contributed by atoms with Crippen LogP contribution < -0.4 is 4.18 Å². The molecule has 0 bridgehead atoms. The molecule has 1 aromatic carbocycles. The van der Waals surface area contributed by atoms with Crippen LogP contribution in [0.15, 0.2) is 24.3 Å². The van der Waals surface area contributed by atoms with Gasteiger partial charge in [0.25, 0.3) is 0 Å². The van der Waals surface area contributed by atoms with Crippen LogP contribution in [0.5, 0.6) is 5.75 Å². The lowest BCUT2D eigenvalue weighted by Crippen LogP contribution is -2.29. The Morgan fingerprint density at radius 3 is 1.95 bits per heavy atom. The third-order valence-electron chi connectivity index (χ3n) is 2.18. The van der Waals surface area contributed by atoms with Gasteiger partial charge in [-0.2, -0.15) is 35.1 Å². The minimum Gasteiger partial charge on any atom is -0.376 e. The van der Waals surface area contributed by atoms with Gasteiger partial charge in [0, 0.05) is 5.56 Å². The van der Waals surface area contributed by atoms with Crippen molar-refractivity contribution < 1.29 is 25.8 Å². The van der Waals surface area contributed by atoms with Crippen molar-refractivity contribution in [2.24, 2.45) is 0 Å². The van der Waals surface area contributed by atoms with Crippen molar-refractivity contribution in [3.05, 3.63) is 29.8 Å². The molecule has 3 nitrogen and oxygen atoms in total. The average molecular weight is 316 g/mol. The molecule has 0 radical (unpaired) electrons. The molecule has 0 N–H and O–H groups in total. The Labute approximate surface area is 117 Å². The Kier molecular flexibility index (Phi) is 5.36. The van der Waals surface area contributed by atoms with E-state index >= 15 is 0 Å². The summed E-state index contributed by atoms with van der Waals surface area (Å²) in [4.78, 5) is 0. The lowest BCUT2D eigenvalue weighted by atomic mass is 9.86. The van der Waals surface area contributed by atoms with Gasteiger partial charge in [0.15, 0.2) is 0 Å². The molecule has 1 rings (SSSR count). The summed E-state index contributed by atoms with van der Waals surface area (Å²) >= 11 is 0. The SMILES string of the molecule is CC(C)(C)c1ccccc1OS(=O)(=O)C(F)(F)F.S. The van der Waals surface area contributed by atoms with Gasteiger partial charge in [0.05, 0.1) is 0 Å². The number of alkyl halides is 3. The molecule has 8 heteroatoms. The maximum atomic E-state index is 12.2. The topological polar surface area (TPSA) is 43.4 Å². The van der Waals surface area contributed by atoms with Crippen molar-refractivity contribution in [1.29, 1.82) is 0 Å². The average Bonchev–Trinajstić information content (AvgIpc) is 2.14. The number of para-hydroxylation sites is 1. The summed E-state index contributed by atoms with van der Waals surface area (Å²) in [5, 5.41) is 0. The van der Waals surface area contributed by atoms with Crippen LogP contribution in [0.25, 0.3) is 0 Å². The molecule has 0 atom stereocenters. The lowest BCUT2D eigenvalue weighted by Gasteiger charge is -2.22. The summed E-state index contributed by atoms with van der Waals surface area (Å²) in [6.45, 7) is 5.24. The molecular formula is C11H15F3O3S2. The highest BCUT2D eigenvalue weighted by atomic mass is 32.2. The van der Waals surface area contributed by atoms with Crippen LogP contribution in [0.4, 0.5) is 13.2 Å². The summed E-state index contributed by atoms with van der Waals surface area (Å²) in [5.74, 6) is -0.303. The first-order chi connectivity index (χ1) is 7.95. The van der Waals surface area contributed by atoms with Crippen LogP contribution in [0.1, 0.15) is 26.3 Å². The highest BCUT2D eigenvalue weighted by Gasteiger charge is 2.49. The predicted octanol–water partition coefficient (Wildman–Crippen LogP) is 3.33. The maximum absolute atomic E-state index is 12.2. The quantitative estimate of drug-likeness (QED) is 0.621. The van der Waals surface area contributed by atoms with E-state index in [0.29, 0.717) is 5.56 Å². The van der Waals surface area contributed by atoms with Gasteiger partial charge >= 0.3 is 15.6 Å². The van der Waals surface area contributed by atoms with E-state index in [1.165, 1.54) is 18.2 Å². The van der Waals surface area contributed by atoms with E-state index in [2.05, 4.69) is 4.18 Å². The molecule has 1 aromatic rings. The van der Waals surface area contributed by atoms with Gasteiger partial charge in [-0.3, -0.25) is 0 Å². The lowest BCUT2D eigenvalue weighted by molar-refractivity contribution is -0.0500. The van der Waals surface area contributed by atoms with Crippen LogP contribution in [0.3, 0.4) is 0 Å². The summed E-state index contributed by atoms with van der Waals surface area (Å²) in [7, 11) is -5.63. The minimum absolute atomic E-state index is 0. The van der Waals surface area contributed by atoms with Gasteiger partial charge in [0.1, 0.15) is 5.75 Å². The minimum atomic E-state index is -5.63. The summed E-state index contributed by atoms with van der Waals surface area (Å²) in [6.07, 6.45) is 0. The van der Waals surface area contributed by atoms with E-state index in [-0.39, 0.29) is 19.2 Å². The number of halogens is 3. The molecule has 0 aliphatic rings. The zero-order valence-electron chi connectivity index (χ0n) is 10.6. The Morgan fingerprint density at radius 1 is 1.05 bits per heavy atom. The molecule has 19 heavy (non-hydrogen) atoms. The van der Waals surface area contributed by atoms with Gasteiger partial charge in [-0.1, -0.05) is 39.0 Å². The molecule has 0 saturated heterocycles. The molecule has 0 fully saturated rings. The first-order valence-corrected chi connectivity index (χ1v) is 6.46. The smallest absolute Gasteiger partial charge is 0.376 e. The fourth-order valence-corrected chi connectivity index (χ4v) is 1.80. The molecule has 0 aliphatic heterocycles. The fourth-order valence-electron chi connectivity index (χ4n) is 1.32. The second kappa shape index (κ2) is 5.62. The van der Waals surface area contributed by atoms with Crippen LogP contribution in [0.2, 0.25) is 0 Å². The normalized spacial score (nSPS) is 12.7. The van der Waals surface area contributed by atoms with Crippen LogP contribution in [0, 0.1) is 0 Å². The van der Waals surface area contributed by atoms with E-state index in [9.17, 15) is 21.6 Å². The standard InChI is InChI=1S/C11H13F3O3S.H2S/c1-10(2,3)8-6-4-5-7-9(8)17-18(15,16)11(12,13)14;/h4-7H,1-3H3;1H2. The monoisotopic (exact) mass is 316 g/mol. The fraction of sp³-hybridized carbons (Fsp3) is 0.455. The second-order valence-corrected chi connectivity index (χ2v) is 6.27. The summed E-state index contributed by atoms with van der Waals surface area (Å²) in [5.41, 5.74) is -5.58. The Bertz CT molecular complexity index is 531. The van der Waals surface area contributed by atoms with E-state index in [0.717, 1.165) is 0 Å². The maximum Gasteiger partial charge on any atom is 0.534 e. The molecule has 0 unspecified atom stereocenters. The van der Waals surface area contributed by atoms with Crippen molar-refractivity contribution >= 4 is 23.6 Å². The van der Waals surface area contributed by atoms with Crippen LogP contribution >= 0.6 is 13.5 Å². The summed E-state index contributed by atoms with van der Waals surface area (Å²) < 4.78 is 62.8. The van der Waals surface area contributed by atoms with Gasteiger partial charge < -0.3 is 4.18 Å². The van der Waals surface area contributed by atoms with Gasteiger partial charge in [-0.15, -0.1) is 0 Å². The van der Waals surface area contributed by atoms with E-state index < -0.39 is 21.0 Å². The first-order valence-electron chi connectivity index (χ1n) is 5.05. The van der Waals surface area contributed by atoms with Crippen LogP contribution in [-0.2, 0) is 15.5 Å². The Balaban J connectivity index is 0.00000324. The predicted molar refractivity (Wildman–Crippen MR) is 71.1 cm³/mol. The van der Waals surface area contributed by atoms with Crippen molar-refractivity contribution in [3.63, 3.8) is 0 Å². The van der Waals surface area contributed by atoms with Crippen molar-refractivity contribution in [1.82, 2.24) is 0 Å². The zero-order chi connectivity index (χ0) is 14.2. The molecule has 0 spiro atoms. The van der Waals surface area contributed by atoms with E-state index in [4.69, 9.17) is 0 Å². The van der Waals surface area contributed by atoms with Crippen LogP contribution in [-0.4, -0.2) is 13.9 Å². The molecular weight excluding hydrogens is 301 g/mol. The Morgan fingerprint density at radius 2 is 1.53 bits per heavy atom. The number of benzene rings is 1.